The van der Waals surface area contributed by atoms with Gasteiger partial charge in [0.25, 0.3) is 0 Å². The van der Waals surface area contributed by atoms with Crippen LogP contribution in [0.2, 0.25) is 0 Å². The molecule has 0 saturated carbocycles. The Labute approximate surface area is 59.4 Å². The molecule has 1 N–H and O–H groups in total. The fraction of sp³-hybridized carbons (Fsp3) is 0.571. The summed E-state index contributed by atoms with van der Waals surface area (Å²) in [6.45, 7) is 3.17. The maximum atomic E-state index is 12.1. The Morgan fingerprint density at radius 1 is 1.60 bits per heavy atom. The monoisotopic (exact) mass is 146 g/mol. The van der Waals surface area contributed by atoms with Gasteiger partial charge >= 0.3 is 0 Å². The Balaban J connectivity index is 3.98. The summed E-state index contributed by atoms with van der Waals surface area (Å²) in [5.74, 6) is -1.14. The van der Waals surface area contributed by atoms with E-state index in [-0.39, 0.29) is 12.2 Å². The third kappa shape index (κ3) is 3.35. The Kier molecular flexibility index (Phi) is 3.88. The van der Waals surface area contributed by atoms with Crippen molar-refractivity contribution in [3.8, 4) is 0 Å². The molecule has 0 radical (unpaired) electrons. The van der Waals surface area contributed by atoms with Crippen molar-refractivity contribution < 1.29 is 14.3 Å². The van der Waals surface area contributed by atoms with Gasteiger partial charge in [-0.05, 0) is 13.0 Å². The Bertz CT molecular complexity index is 141. The lowest BCUT2D eigenvalue weighted by molar-refractivity contribution is -0.106. The number of aliphatic hydroxyl groups excluding tert-OH is 1. The molecule has 0 aromatic rings. The van der Waals surface area contributed by atoms with E-state index in [2.05, 4.69) is 0 Å². The lowest BCUT2D eigenvalue weighted by Crippen LogP contribution is -2.10. The molecule has 1 unspecified atom stereocenters. The van der Waals surface area contributed by atoms with Crippen LogP contribution in [0.3, 0.4) is 0 Å². The molecule has 2 nitrogen and oxygen atoms in total. The van der Waals surface area contributed by atoms with Gasteiger partial charge in [-0.2, -0.15) is 0 Å². The van der Waals surface area contributed by atoms with Crippen LogP contribution < -0.4 is 0 Å². The molecule has 3 heteroatoms. The second-order valence-electron chi connectivity index (χ2n) is 2.27. The molecular formula is C7H11FO2. The molecule has 0 aromatic carbocycles. The van der Waals surface area contributed by atoms with E-state index in [0.29, 0.717) is 0 Å². The van der Waals surface area contributed by atoms with Crippen molar-refractivity contribution in [1.82, 2.24) is 0 Å². The molecule has 0 rings (SSSR count). The van der Waals surface area contributed by atoms with Gasteiger partial charge in [0.1, 0.15) is 0 Å². The maximum absolute atomic E-state index is 12.1. The molecule has 0 aliphatic carbocycles. The average molecular weight is 146 g/mol. The van der Waals surface area contributed by atoms with Crippen LogP contribution in [0.4, 0.5) is 4.39 Å². The van der Waals surface area contributed by atoms with Crippen molar-refractivity contribution >= 4 is 6.29 Å². The quantitative estimate of drug-likeness (QED) is 0.477. The molecule has 10 heavy (non-hydrogen) atoms. The highest BCUT2D eigenvalue weighted by atomic mass is 19.1. The number of halogens is 1. The van der Waals surface area contributed by atoms with Gasteiger partial charge < -0.3 is 5.11 Å². The van der Waals surface area contributed by atoms with E-state index >= 15 is 0 Å². The van der Waals surface area contributed by atoms with E-state index in [1.807, 2.05) is 0 Å². The molecule has 0 heterocycles. The van der Waals surface area contributed by atoms with Crippen molar-refractivity contribution in [3.63, 3.8) is 0 Å². The minimum Gasteiger partial charge on any atom is -0.393 e. The summed E-state index contributed by atoms with van der Waals surface area (Å²) in [6.07, 6.45) is 0.599. The van der Waals surface area contributed by atoms with E-state index in [0.717, 1.165) is 6.08 Å². The molecule has 0 fully saturated rings. The standard InChI is InChI=1S/C7H11FO2/c1-5(6(2)10)3-7(8)4-9/h3-6,10H,1-2H3/b7-3+/t5-,6?/m1/s1. The van der Waals surface area contributed by atoms with Crippen LogP contribution in [0.5, 0.6) is 0 Å². The zero-order valence-corrected chi connectivity index (χ0v) is 6.04. The van der Waals surface area contributed by atoms with Gasteiger partial charge in [0.05, 0.1) is 6.10 Å². The van der Waals surface area contributed by atoms with E-state index in [1.54, 1.807) is 13.8 Å². The molecule has 0 amide bonds. The summed E-state index contributed by atoms with van der Waals surface area (Å²) in [5.41, 5.74) is 0. The molecule has 2 atom stereocenters. The lowest BCUT2D eigenvalue weighted by Gasteiger charge is -2.07. The predicted molar refractivity (Wildman–Crippen MR) is 36.1 cm³/mol. The van der Waals surface area contributed by atoms with E-state index in [4.69, 9.17) is 5.11 Å². The summed E-state index contributed by atoms with van der Waals surface area (Å²) in [4.78, 5) is 9.74. The molecule has 0 aliphatic rings. The van der Waals surface area contributed by atoms with Crippen LogP contribution in [0.15, 0.2) is 11.9 Å². The molecule has 0 spiro atoms. The second-order valence-corrected chi connectivity index (χ2v) is 2.27. The maximum Gasteiger partial charge on any atom is 0.178 e. The van der Waals surface area contributed by atoms with Crippen molar-refractivity contribution in [2.24, 2.45) is 5.92 Å². The minimum absolute atomic E-state index is 0.124. The van der Waals surface area contributed by atoms with Gasteiger partial charge in [-0.15, -0.1) is 0 Å². The molecule has 0 aliphatic heterocycles. The fourth-order valence-electron chi connectivity index (χ4n) is 0.430. The third-order valence-corrected chi connectivity index (χ3v) is 1.30. The SMILES string of the molecule is CC(O)[C@H](C)/C=C(/F)C=O. The van der Waals surface area contributed by atoms with E-state index in [1.165, 1.54) is 0 Å². The first-order chi connectivity index (χ1) is 4.57. The third-order valence-electron chi connectivity index (χ3n) is 1.30. The van der Waals surface area contributed by atoms with Crippen molar-refractivity contribution in [3.05, 3.63) is 11.9 Å². The highest BCUT2D eigenvalue weighted by Crippen LogP contribution is 2.06. The van der Waals surface area contributed by atoms with Gasteiger partial charge in [-0.25, -0.2) is 4.39 Å². The number of aliphatic hydroxyl groups is 1. The van der Waals surface area contributed by atoms with Crippen LogP contribution in [0.1, 0.15) is 13.8 Å². The van der Waals surface area contributed by atoms with Crippen LogP contribution >= 0.6 is 0 Å². The zero-order valence-electron chi connectivity index (χ0n) is 6.04. The van der Waals surface area contributed by atoms with E-state index < -0.39 is 11.9 Å². The van der Waals surface area contributed by atoms with Gasteiger partial charge in [-0.1, -0.05) is 6.92 Å². The Morgan fingerprint density at radius 2 is 2.10 bits per heavy atom. The number of hydrogen-bond donors (Lipinski definition) is 1. The minimum atomic E-state index is -0.826. The normalized spacial score (nSPS) is 18.2. The average Bonchev–Trinajstić information content (AvgIpc) is 1.87. The summed E-state index contributed by atoms with van der Waals surface area (Å²) < 4.78 is 12.1. The van der Waals surface area contributed by atoms with Crippen molar-refractivity contribution in [1.29, 1.82) is 0 Å². The number of rotatable bonds is 3. The van der Waals surface area contributed by atoms with Gasteiger partial charge in [-0.3, -0.25) is 4.79 Å². The number of hydrogen-bond acceptors (Lipinski definition) is 2. The lowest BCUT2D eigenvalue weighted by atomic mass is 10.1. The van der Waals surface area contributed by atoms with Crippen LogP contribution in [-0.2, 0) is 4.79 Å². The fourth-order valence-corrected chi connectivity index (χ4v) is 0.430. The molecule has 0 bridgehead atoms. The topological polar surface area (TPSA) is 37.3 Å². The summed E-state index contributed by atoms with van der Waals surface area (Å²) in [7, 11) is 0. The first-order valence-corrected chi connectivity index (χ1v) is 3.08. The summed E-state index contributed by atoms with van der Waals surface area (Å²) >= 11 is 0. The van der Waals surface area contributed by atoms with Crippen LogP contribution in [-0.4, -0.2) is 17.5 Å². The van der Waals surface area contributed by atoms with Crippen LogP contribution in [0, 0.1) is 5.92 Å². The Morgan fingerprint density at radius 3 is 2.40 bits per heavy atom. The smallest absolute Gasteiger partial charge is 0.178 e. The summed E-state index contributed by atoms with van der Waals surface area (Å²) in [5, 5.41) is 8.84. The van der Waals surface area contributed by atoms with E-state index in [9.17, 15) is 9.18 Å². The highest BCUT2D eigenvalue weighted by Gasteiger charge is 2.05. The Hall–Kier alpha value is -0.700. The van der Waals surface area contributed by atoms with Crippen molar-refractivity contribution in [2.75, 3.05) is 0 Å². The highest BCUT2D eigenvalue weighted by molar-refractivity contribution is 5.69. The number of aldehydes is 1. The van der Waals surface area contributed by atoms with Crippen molar-refractivity contribution in [2.45, 2.75) is 20.0 Å². The van der Waals surface area contributed by atoms with Gasteiger partial charge in [0.15, 0.2) is 12.1 Å². The number of carbonyl (C=O) groups excluding carboxylic acids is 1. The number of carbonyl (C=O) groups is 1. The molecule has 0 aromatic heterocycles. The van der Waals surface area contributed by atoms with Crippen LogP contribution in [0.25, 0.3) is 0 Å². The number of allylic oxidation sites excluding steroid dienone is 1. The first-order valence-electron chi connectivity index (χ1n) is 3.08. The molecular weight excluding hydrogens is 135 g/mol. The molecule has 0 saturated heterocycles. The zero-order chi connectivity index (χ0) is 8.15. The molecule has 58 valence electrons. The second kappa shape index (κ2) is 4.17. The first kappa shape index (κ1) is 9.30. The predicted octanol–water partition coefficient (Wildman–Crippen LogP) is 1.06. The largest absolute Gasteiger partial charge is 0.393 e. The van der Waals surface area contributed by atoms with Gasteiger partial charge in [0.2, 0.25) is 0 Å². The van der Waals surface area contributed by atoms with Gasteiger partial charge in [0, 0.05) is 5.92 Å². The summed E-state index contributed by atoms with van der Waals surface area (Å²) in [6, 6.07) is 0.